The first-order chi connectivity index (χ1) is 12.9. The number of anilines is 2. The molecule has 5 nitrogen and oxygen atoms in total. The highest BCUT2D eigenvalue weighted by molar-refractivity contribution is 7.13. The van der Waals surface area contributed by atoms with E-state index in [1.807, 2.05) is 13.8 Å². The maximum absolute atomic E-state index is 13.8. The van der Waals surface area contributed by atoms with Crippen molar-refractivity contribution in [2.75, 3.05) is 10.6 Å². The van der Waals surface area contributed by atoms with Gasteiger partial charge in [-0.25, -0.2) is 9.37 Å². The summed E-state index contributed by atoms with van der Waals surface area (Å²) >= 11 is 1.21. The zero-order chi connectivity index (χ0) is 19.4. The third-order valence-electron chi connectivity index (χ3n) is 3.78. The topological polar surface area (TPSA) is 71.1 Å². The second-order valence-corrected chi connectivity index (χ2v) is 7.05. The van der Waals surface area contributed by atoms with Crippen LogP contribution in [0, 0.1) is 11.7 Å². The Labute approximate surface area is 160 Å². The number of hydrogen-bond acceptors (Lipinski definition) is 4. The van der Waals surface area contributed by atoms with Gasteiger partial charge in [0, 0.05) is 28.2 Å². The van der Waals surface area contributed by atoms with Gasteiger partial charge in [0.25, 0.3) is 5.91 Å². The maximum Gasteiger partial charge on any atom is 0.275 e. The summed E-state index contributed by atoms with van der Waals surface area (Å²) < 4.78 is 13.8. The average Bonchev–Trinajstić information content (AvgIpc) is 3.13. The van der Waals surface area contributed by atoms with Crippen LogP contribution in [-0.2, 0) is 4.79 Å². The molecule has 3 rings (SSSR count). The van der Waals surface area contributed by atoms with Crippen molar-refractivity contribution in [3.05, 3.63) is 65.4 Å². The average molecular weight is 383 g/mol. The van der Waals surface area contributed by atoms with E-state index in [1.165, 1.54) is 17.4 Å². The van der Waals surface area contributed by atoms with Crippen molar-refractivity contribution >= 4 is 34.5 Å². The molecule has 2 aromatic carbocycles. The number of carbonyl (C=O) groups excluding carboxylic acids is 2. The number of carbonyl (C=O) groups is 2. The number of nitrogens with one attached hydrogen (secondary N) is 2. The molecule has 3 aromatic rings. The van der Waals surface area contributed by atoms with Crippen molar-refractivity contribution in [3.63, 3.8) is 0 Å². The summed E-state index contributed by atoms with van der Waals surface area (Å²) in [4.78, 5) is 28.3. The zero-order valence-electron chi connectivity index (χ0n) is 14.8. The van der Waals surface area contributed by atoms with E-state index in [1.54, 1.807) is 47.8 Å². The lowest BCUT2D eigenvalue weighted by Gasteiger charge is -2.09. The lowest BCUT2D eigenvalue weighted by atomic mass is 10.2. The summed E-state index contributed by atoms with van der Waals surface area (Å²) in [6.07, 6.45) is 0. The van der Waals surface area contributed by atoms with Gasteiger partial charge in [-0.3, -0.25) is 9.59 Å². The van der Waals surface area contributed by atoms with E-state index >= 15 is 0 Å². The largest absolute Gasteiger partial charge is 0.326 e. The third-order valence-corrected chi connectivity index (χ3v) is 4.65. The second-order valence-electron chi connectivity index (χ2n) is 6.19. The second kappa shape index (κ2) is 8.09. The van der Waals surface area contributed by atoms with E-state index in [0.717, 1.165) is 0 Å². The highest BCUT2D eigenvalue weighted by Crippen LogP contribution is 2.26. The Bertz CT molecular complexity index is 967. The fraction of sp³-hybridized carbons (Fsp3) is 0.150. The van der Waals surface area contributed by atoms with Crippen LogP contribution in [0.5, 0.6) is 0 Å². The van der Waals surface area contributed by atoms with Crippen LogP contribution in [-0.4, -0.2) is 16.8 Å². The first-order valence-electron chi connectivity index (χ1n) is 8.37. The number of thiazole rings is 1. The Kier molecular flexibility index (Phi) is 5.61. The molecule has 0 saturated heterocycles. The van der Waals surface area contributed by atoms with Gasteiger partial charge < -0.3 is 10.6 Å². The van der Waals surface area contributed by atoms with Gasteiger partial charge in [0.05, 0.1) is 0 Å². The van der Waals surface area contributed by atoms with Gasteiger partial charge >= 0.3 is 0 Å². The van der Waals surface area contributed by atoms with Crippen LogP contribution < -0.4 is 10.6 Å². The lowest BCUT2D eigenvalue weighted by molar-refractivity contribution is -0.118. The normalized spacial score (nSPS) is 10.7. The predicted molar refractivity (Wildman–Crippen MR) is 105 cm³/mol. The summed E-state index contributed by atoms with van der Waals surface area (Å²) in [6.45, 7) is 3.63. The van der Waals surface area contributed by atoms with E-state index in [0.29, 0.717) is 21.9 Å². The Morgan fingerprint density at radius 2 is 1.63 bits per heavy atom. The Balaban J connectivity index is 1.67. The van der Waals surface area contributed by atoms with Gasteiger partial charge in [-0.1, -0.05) is 26.0 Å². The number of amides is 2. The van der Waals surface area contributed by atoms with Gasteiger partial charge in [0.15, 0.2) is 0 Å². The molecule has 1 aromatic heterocycles. The van der Waals surface area contributed by atoms with Crippen LogP contribution in [0.15, 0.2) is 53.9 Å². The highest BCUT2D eigenvalue weighted by Gasteiger charge is 2.14. The van der Waals surface area contributed by atoms with E-state index in [4.69, 9.17) is 0 Å². The molecule has 0 bridgehead atoms. The summed E-state index contributed by atoms with van der Waals surface area (Å²) in [5.41, 5.74) is 1.81. The Morgan fingerprint density at radius 1 is 1.00 bits per heavy atom. The van der Waals surface area contributed by atoms with Crippen LogP contribution >= 0.6 is 11.3 Å². The number of hydrogen-bond donors (Lipinski definition) is 2. The van der Waals surface area contributed by atoms with Gasteiger partial charge in [0.2, 0.25) is 5.91 Å². The summed E-state index contributed by atoms with van der Waals surface area (Å²) in [6, 6.07) is 13.1. The molecule has 2 amide bonds. The maximum atomic E-state index is 13.8. The van der Waals surface area contributed by atoms with Gasteiger partial charge in [0.1, 0.15) is 16.5 Å². The van der Waals surface area contributed by atoms with Crippen LogP contribution in [0.2, 0.25) is 0 Å². The highest BCUT2D eigenvalue weighted by atomic mass is 32.1. The van der Waals surface area contributed by atoms with E-state index in [2.05, 4.69) is 15.6 Å². The zero-order valence-corrected chi connectivity index (χ0v) is 15.6. The molecule has 138 valence electrons. The molecule has 0 unspecified atom stereocenters. The summed E-state index contributed by atoms with van der Waals surface area (Å²) in [5.74, 6) is -0.946. The van der Waals surface area contributed by atoms with Gasteiger partial charge in [-0.05, 0) is 36.4 Å². The number of aromatic nitrogens is 1. The predicted octanol–water partition coefficient (Wildman–Crippen LogP) is 4.80. The Hall–Kier alpha value is -3.06. The van der Waals surface area contributed by atoms with Crippen molar-refractivity contribution in [2.45, 2.75) is 13.8 Å². The molecule has 0 aliphatic heterocycles. The molecule has 0 saturated carbocycles. The van der Waals surface area contributed by atoms with Crippen molar-refractivity contribution in [1.82, 2.24) is 4.98 Å². The van der Waals surface area contributed by atoms with E-state index in [-0.39, 0.29) is 29.2 Å². The fourth-order valence-electron chi connectivity index (χ4n) is 2.26. The standard InChI is InChI=1S/C20H18FN3O2S/c1-12(2)18(25)22-13-7-9-14(10-8-13)23-19(26)17-11-27-20(24-17)15-5-3-4-6-16(15)21/h3-12H,1-2H3,(H,22,25)(H,23,26). The Morgan fingerprint density at radius 3 is 2.26 bits per heavy atom. The SMILES string of the molecule is CC(C)C(=O)Nc1ccc(NC(=O)c2csc(-c3ccccc3F)n2)cc1. The minimum atomic E-state index is -0.382. The first kappa shape index (κ1) is 18.7. The van der Waals surface area contributed by atoms with Gasteiger partial charge in [-0.15, -0.1) is 11.3 Å². The molecule has 1 heterocycles. The quantitative estimate of drug-likeness (QED) is 0.665. The van der Waals surface area contributed by atoms with Crippen LogP contribution in [0.25, 0.3) is 10.6 Å². The van der Waals surface area contributed by atoms with Gasteiger partial charge in [-0.2, -0.15) is 0 Å². The minimum absolute atomic E-state index is 0.0741. The summed E-state index contributed by atoms with van der Waals surface area (Å²) in [7, 11) is 0. The molecule has 0 spiro atoms. The van der Waals surface area contributed by atoms with Crippen molar-refractivity contribution < 1.29 is 14.0 Å². The fourth-order valence-corrected chi connectivity index (χ4v) is 3.08. The molecule has 0 atom stereocenters. The smallest absolute Gasteiger partial charge is 0.275 e. The van der Waals surface area contributed by atoms with Crippen molar-refractivity contribution in [2.24, 2.45) is 5.92 Å². The number of nitrogens with zero attached hydrogens (tertiary/aromatic N) is 1. The van der Waals surface area contributed by atoms with Crippen molar-refractivity contribution in [1.29, 1.82) is 0 Å². The van der Waals surface area contributed by atoms with Crippen molar-refractivity contribution in [3.8, 4) is 10.6 Å². The molecule has 0 aliphatic rings. The molecule has 0 fully saturated rings. The third kappa shape index (κ3) is 4.57. The monoisotopic (exact) mass is 383 g/mol. The summed E-state index contributed by atoms with van der Waals surface area (Å²) in [5, 5.41) is 7.56. The number of benzene rings is 2. The molecule has 27 heavy (non-hydrogen) atoms. The molecular weight excluding hydrogens is 365 g/mol. The van der Waals surface area contributed by atoms with Crippen LogP contribution in [0.1, 0.15) is 24.3 Å². The lowest BCUT2D eigenvalue weighted by Crippen LogP contribution is -2.17. The first-order valence-corrected chi connectivity index (χ1v) is 9.24. The minimum Gasteiger partial charge on any atom is -0.326 e. The molecule has 0 aliphatic carbocycles. The molecule has 7 heteroatoms. The van der Waals surface area contributed by atoms with E-state index in [9.17, 15) is 14.0 Å². The van der Waals surface area contributed by atoms with Crippen LogP contribution in [0.4, 0.5) is 15.8 Å². The number of rotatable bonds is 5. The molecule has 2 N–H and O–H groups in total. The van der Waals surface area contributed by atoms with E-state index < -0.39 is 0 Å². The molecular formula is C20H18FN3O2S. The van der Waals surface area contributed by atoms with Crippen LogP contribution in [0.3, 0.4) is 0 Å². The molecule has 0 radical (unpaired) electrons. The number of halogens is 1.